The van der Waals surface area contributed by atoms with Crippen LogP contribution >= 0.6 is 15.9 Å². The molecule has 102 valence electrons. The van der Waals surface area contributed by atoms with Gasteiger partial charge in [0, 0.05) is 11.0 Å². The molecule has 1 aromatic rings. The highest BCUT2D eigenvalue weighted by molar-refractivity contribution is 9.10. The van der Waals surface area contributed by atoms with Crippen molar-refractivity contribution >= 4 is 27.8 Å². The van der Waals surface area contributed by atoms with Crippen molar-refractivity contribution < 1.29 is 19.1 Å². The molecule has 6 heteroatoms. The highest BCUT2D eigenvalue weighted by atomic mass is 79.9. The maximum absolute atomic E-state index is 13.0. The number of rotatable bonds is 2. The number of amides is 1. The average molecular weight is 330 g/mol. The number of nitrogens with zero attached hydrogens (tertiary/aromatic N) is 1. The summed E-state index contributed by atoms with van der Waals surface area (Å²) < 4.78 is 13.3. The largest absolute Gasteiger partial charge is 0.480 e. The Labute approximate surface area is 118 Å². The van der Waals surface area contributed by atoms with E-state index in [0.717, 1.165) is 12.8 Å². The molecule has 0 spiro atoms. The van der Waals surface area contributed by atoms with Gasteiger partial charge in [-0.05, 0) is 53.4 Å². The lowest BCUT2D eigenvalue weighted by molar-refractivity contribution is -0.143. The molecule has 0 aliphatic carbocycles. The molecule has 4 nitrogen and oxygen atoms in total. The smallest absolute Gasteiger partial charge is 0.326 e. The molecule has 1 aromatic carbocycles. The van der Waals surface area contributed by atoms with Crippen LogP contribution in [0.15, 0.2) is 22.7 Å². The third-order valence-corrected chi connectivity index (χ3v) is 3.87. The second kappa shape index (κ2) is 5.69. The average Bonchev–Trinajstić information content (AvgIpc) is 2.38. The minimum atomic E-state index is -0.994. The lowest BCUT2D eigenvalue weighted by Crippen LogP contribution is -2.48. The SMILES string of the molecule is O=C(O)[C@@H]1CCCCN1C(=O)c1ccc(F)cc1Br. The first-order chi connectivity index (χ1) is 9.00. The van der Waals surface area contributed by atoms with Crippen molar-refractivity contribution in [2.24, 2.45) is 0 Å². The van der Waals surface area contributed by atoms with Crippen molar-refractivity contribution in [2.45, 2.75) is 25.3 Å². The molecule has 0 radical (unpaired) electrons. The lowest BCUT2D eigenvalue weighted by Gasteiger charge is -2.33. The molecule has 1 amide bonds. The molecular formula is C13H13BrFNO3. The van der Waals surface area contributed by atoms with Crippen LogP contribution in [0.2, 0.25) is 0 Å². The van der Waals surface area contributed by atoms with Gasteiger partial charge in [0.15, 0.2) is 0 Å². The zero-order chi connectivity index (χ0) is 14.0. The maximum Gasteiger partial charge on any atom is 0.326 e. The topological polar surface area (TPSA) is 57.6 Å². The van der Waals surface area contributed by atoms with Crippen molar-refractivity contribution in [1.82, 2.24) is 4.90 Å². The van der Waals surface area contributed by atoms with Crippen molar-refractivity contribution in [3.8, 4) is 0 Å². The lowest BCUT2D eigenvalue weighted by atomic mass is 10.0. The van der Waals surface area contributed by atoms with Gasteiger partial charge >= 0.3 is 5.97 Å². The van der Waals surface area contributed by atoms with Gasteiger partial charge in [0.1, 0.15) is 11.9 Å². The summed E-state index contributed by atoms with van der Waals surface area (Å²) in [6, 6.07) is 2.97. The van der Waals surface area contributed by atoms with Crippen LogP contribution in [0.1, 0.15) is 29.6 Å². The van der Waals surface area contributed by atoms with Crippen LogP contribution in [0.4, 0.5) is 4.39 Å². The van der Waals surface area contributed by atoms with Gasteiger partial charge in [-0.3, -0.25) is 4.79 Å². The molecule has 1 saturated heterocycles. The number of aliphatic carboxylic acids is 1. The highest BCUT2D eigenvalue weighted by Crippen LogP contribution is 2.24. The van der Waals surface area contributed by atoms with E-state index in [4.69, 9.17) is 5.11 Å². The second-order valence-electron chi connectivity index (χ2n) is 4.47. The monoisotopic (exact) mass is 329 g/mol. The molecule has 1 heterocycles. The van der Waals surface area contributed by atoms with Crippen LogP contribution in [0.5, 0.6) is 0 Å². The predicted molar refractivity (Wildman–Crippen MR) is 70.4 cm³/mol. The number of carbonyl (C=O) groups is 2. The zero-order valence-corrected chi connectivity index (χ0v) is 11.7. The van der Waals surface area contributed by atoms with Gasteiger partial charge in [0.05, 0.1) is 5.56 Å². The molecule has 1 atom stereocenters. The molecule has 1 N–H and O–H groups in total. The summed E-state index contributed by atoms with van der Waals surface area (Å²) in [7, 11) is 0. The number of carbonyl (C=O) groups excluding carboxylic acids is 1. The van der Waals surface area contributed by atoms with E-state index in [9.17, 15) is 14.0 Å². The predicted octanol–water partition coefficient (Wildman–Crippen LogP) is 2.67. The van der Waals surface area contributed by atoms with Gasteiger partial charge < -0.3 is 10.0 Å². The molecular weight excluding hydrogens is 317 g/mol. The van der Waals surface area contributed by atoms with Crippen LogP contribution in [-0.2, 0) is 4.79 Å². The number of carboxylic acid groups (broad SMARTS) is 1. The Morgan fingerprint density at radius 2 is 2.11 bits per heavy atom. The third-order valence-electron chi connectivity index (χ3n) is 3.21. The van der Waals surface area contributed by atoms with Gasteiger partial charge in [-0.2, -0.15) is 0 Å². The number of hydrogen-bond acceptors (Lipinski definition) is 2. The molecule has 2 rings (SSSR count). The van der Waals surface area contributed by atoms with Crippen molar-refractivity contribution in [2.75, 3.05) is 6.54 Å². The molecule has 1 aliphatic rings. The van der Waals surface area contributed by atoms with Crippen molar-refractivity contribution in [3.63, 3.8) is 0 Å². The Hall–Kier alpha value is -1.43. The summed E-state index contributed by atoms with van der Waals surface area (Å²) in [4.78, 5) is 24.9. The summed E-state index contributed by atoms with van der Waals surface area (Å²) in [6.45, 7) is 0.416. The number of hydrogen-bond donors (Lipinski definition) is 1. The molecule has 1 fully saturated rings. The number of halogens is 2. The van der Waals surface area contributed by atoms with Crippen LogP contribution in [0.3, 0.4) is 0 Å². The normalized spacial score (nSPS) is 19.3. The minimum absolute atomic E-state index is 0.287. The molecule has 0 bridgehead atoms. The van der Waals surface area contributed by atoms with Crippen LogP contribution in [0, 0.1) is 5.82 Å². The molecule has 0 aromatic heterocycles. The summed E-state index contributed by atoms with van der Waals surface area (Å²) in [5, 5.41) is 9.15. The van der Waals surface area contributed by atoms with E-state index in [-0.39, 0.29) is 11.5 Å². The van der Waals surface area contributed by atoms with E-state index >= 15 is 0 Å². The Balaban J connectivity index is 2.28. The van der Waals surface area contributed by atoms with E-state index in [2.05, 4.69) is 15.9 Å². The Bertz CT molecular complexity index is 521. The second-order valence-corrected chi connectivity index (χ2v) is 5.33. The van der Waals surface area contributed by atoms with Crippen molar-refractivity contribution in [1.29, 1.82) is 0 Å². The van der Waals surface area contributed by atoms with Gasteiger partial charge in [-0.1, -0.05) is 0 Å². The Kier molecular flexibility index (Phi) is 4.19. The van der Waals surface area contributed by atoms with Crippen LogP contribution in [0.25, 0.3) is 0 Å². The van der Waals surface area contributed by atoms with Crippen LogP contribution < -0.4 is 0 Å². The minimum Gasteiger partial charge on any atom is -0.480 e. The first kappa shape index (κ1) is 14.0. The van der Waals surface area contributed by atoms with Crippen LogP contribution in [-0.4, -0.2) is 34.5 Å². The van der Waals surface area contributed by atoms with E-state index in [0.29, 0.717) is 17.4 Å². The van der Waals surface area contributed by atoms with Crippen molar-refractivity contribution in [3.05, 3.63) is 34.1 Å². The first-order valence-corrected chi connectivity index (χ1v) is 6.79. The number of benzene rings is 1. The number of likely N-dealkylation sites (tertiary alicyclic amines) is 1. The fourth-order valence-electron chi connectivity index (χ4n) is 2.25. The summed E-state index contributed by atoms with van der Waals surface area (Å²) >= 11 is 3.14. The van der Waals surface area contributed by atoms with Gasteiger partial charge in [0.25, 0.3) is 5.91 Å². The van der Waals surface area contributed by atoms with E-state index in [1.54, 1.807) is 0 Å². The van der Waals surface area contributed by atoms with E-state index < -0.39 is 17.8 Å². The Morgan fingerprint density at radius 3 is 2.74 bits per heavy atom. The number of piperidine rings is 1. The molecule has 19 heavy (non-hydrogen) atoms. The quantitative estimate of drug-likeness (QED) is 0.907. The zero-order valence-electron chi connectivity index (χ0n) is 10.1. The molecule has 0 unspecified atom stereocenters. The fraction of sp³-hybridized carbons (Fsp3) is 0.385. The van der Waals surface area contributed by atoms with E-state index in [1.165, 1.54) is 23.1 Å². The number of carboxylic acids is 1. The van der Waals surface area contributed by atoms with Gasteiger partial charge in [-0.15, -0.1) is 0 Å². The molecule has 0 saturated carbocycles. The standard InChI is InChI=1S/C13H13BrFNO3/c14-10-7-8(15)4-5-9(10)12(17)16-6-2-1-3-11(16)13(18)19/h4-5,7,11H,1-3,6H2,(H,18,19)/t11-/m0/s1. The van der Waals surface area contributed by atoms with E-state index in [1.807, 2.05) is 0 Å². The van der Waals surface area contributed by atoms with Gasteiger partial charge in [-0.25, -0.2) is 9.18 Å². The van der Waals surface area contributed by atoms with Gasteiger partial charge in [0.2, 0.25) is 0 Å². The molecule has 1 aliphatic heterocycles. The Morgan fingerprint density at radius 1 is 1.37 bits per heavy atom. The first-order valence-electron chi connectivity index (χ1n) is 5.99. The third kappa shape index (κ3) is 2.94. The maximum atomic E-state index is 13.0. The highest BCUT2D eigenvalue weighted by Gasteiger charge is 2.33. The summed E-state index contributed by atoms with van der Waals surface area (Å²) in [6.07, 6.45) is 2.04. The fourth-order valence-corrected chi connectivity index (χ4v) is 2.77. The summed E-state index contributed by atoms with van der Waals surface area (Å²) in [5.41, 5.74) is 0.287. The summed E-state index contributed by atoms with van der Waals surface area (Å²) in [5.74, 6) is -1.82.